The summed E-state index contributed by atoms with van der Waals surface area (Å²) in [5.41, 5.74) is 0. The number of nitrogens with zero attached hydrogens (tertiary/aromatic N) is 4. The van der Waals surface area contributed by atoms with Crippen LogP contribution >= 0.6 is 0 Å². The minimum absolute atomic E-state index is 0.676. The molecule has 5 heteroatoms. The van der Waals surface area contributed by atoms with Gasteiger partial charge in [0, 0.05) is 25.7 Å². The molecule has 0 bridgehead atoms. The van der Waals surface area contributed by atoms with Crippen molar-refractivity contribution in [1.29, 1.82) is 0 Å². The van der Waals surface area contributed by atoms with Crippen molar-refractivity contribution in [3.8, 4) is 0 Å². The number of nitrogens with one attached hydrogen (secondary N) is 1. The Bertz CT molecular complexity index is 376. The Morgan fingerprint density at radius 3 is 2.95 bits per heavy atom. The number of hydrogen-bond acceptors (Lipinski definition) is 4. The first-order chi connectivity index (χ1) is 9.28. The maximum Gasteiger partial charge on any atom is 0.141 e. The van der Waals surface area contributed by atoms with Gasteiger partial charge in [0.05, 0.1) is 6.54 Å². The maximum absolute atomic E-state index is 4.41. The summed E-state index contributed by atoms with van der Waals surface area (Å²) in [4.78, 5) is 6.94. The third-order valence-corrected chi connectivity index (χ3v) is 4.21. The van der Waals surface area contributed by atoms with Crippen LogP contribution in [0.2, 0.25) is 0 Å². The highest BCUT2D eigenvalue weighted by atomic mass is 15.3. The Kier molecular flexibility index (Phi) is 5.34. The van der Waals surface area contributed by atoms with Gasteiger partial charge in [0.25, 0.3) is 0 Å². The summed E-state index contributed by atoms with van der Waals surface area (Å²) < 4.78 is 2.05. The van der Waals surface area contributed by atoms with Crippen LogP contribution in [0.3, 0.4) is 0 Å². The molecule has 1 saturated heterocycles. The lowest BCUT2D eigenvalue weighted by Gasteiger charge is -2.38. The maximum atomic E-state index is 4.41. The van der Waals surface area contributed by atoms with E-state index in [2.05, 4.69) is 41.2 Å². The zero-order valence-corrected chi connectivity index (χ0v) is 12.5. The van der Waals surface area contributed by atoms with Crippen LogP contribution in [-0.4, -0.2) is 45.8 Å². The lowest BCUT2D eigenvalue weighted by Crippen LogP contribution is -2.48. The quantitative estimate of drug-likeness (QED) is 0.847. The minimum atomic E-state index is 0.676. The van der Waals surface area contributed by atoms with E-state index in [0.717, 1.165) is 37.8 Å². The van der Waals surface area contributed by atoms with Crippen molar-refractivity contribution in [2.75, 3.05) is 20.1 Å². The first-order valence-corrected chi connectivity index (χ1v) is 7.54. The summed E-state index contributed by atoms with van der Waals surface area (Å²) >= 11 is 0. The number of aromatic nitrogens is 3. The minimum Gasteiger partial charge on any atom is -0.317 e. The molecule has 1 aromatic rings. The van der Waals surface area contributed by atoms with Crippen LogP contribution in [0.25, 0.3) is 0 Å². The third kappa shape index (κ3) is 3.54. The Balaban J connectivity index is 1.94. The molecule has 2 unspecified atom stereocenters. The van der Waals surface area contributed by atoms with E-state index >= 15 is 0 Å². The molecule has 0 saturated carbocycles. The molecule has 1 fully saturated rings. The Labute approximate surface area is 116 Å². The van der Waals surface area contributed by atoms with Crippen molar-refractivity contribution in [2.24, 2.45) is 5.92 Å². The molecule has 0 aliphatic carbocycles. The zero-order valence-electron chi connectivity index (χ0n) is 12.5. The van der Waals surface area contributed by atoms with Crippen LogP contribution in [0.1, 0.15) is 38.9 Å². The second-order valence-corrected chi connectivity index (χ2v) is 5.49. The van der Waals surface area contributed by atoms with Gasteiger partial charge in [-0.1, -0.05) is 20.3 Å². The molecule has 2 atom stereocenters. The van der Waals surface area contributed by atoms with Crippen molar-refractivity contribution in [2.45, 2.75) is 52.2 Å². The summed E-state index contributed by atoms with van der Waals surface area (Å²) in [6.07, 6.45) is 5.26. The molecule has 0 spiro atoms. The highest BCUT2D eigenvalue weighted by Crippen LogP contribution is 2.21. The predicted molar refractivity (Wildman–Crippen MR) is 76.8 cm³/mol. The van der Waals surface area contributed by atoms with Gasteiger partial charge in [0.1, 0.15) is 12.2 Å². The number of piperidine rings is 1. The van der Waals surface area contributed by atoms with Gasteiger partial charge in [-0.3, -0.25) is 4.90 Å². The second kappa shape index (κ2) is 7.01. The molecule has 0 amide bonds. The summed E-state index contributed by atoms with van der Waals surface area (Å²) in [5, 5.41) is 7.76. The summed E-state index contributed by atoms with van der Waals surface area (Å²) in [5.74, 6) is 1.86. The zero-order chi connectivity index (χ0) is 13.7. The first-order valence-electron chi connectivity index (χ1n) is 7.54. The second-order valence-electron chi connectivity index (χ2n) is 5.49. The van der Waals surface area contributed by atoms with Gasteiger partial charge < -0.3 is 5.32 Å². The molecule has 0 radical (unpaired) electrons. The first kappa shape index (κ1) is 14.5. The van der Waals surface area contributed by atoms with E-state index in [1.165, 1.54) is 19.4 Å². The SMILES string of the molecule is CCCn1ncnc1CN1CCC(NC)C(CC)C1. The van der Waals surface area contributed by atoms with Crippen molar-refractivity contribution in [3.05, 3.63) is 12.2 Å². The van der Waals surface area contributed by atoms with Crippen LogP contribution in [0, 0.1) is 5.92 Å². The average molecular weight is 265 g/mol. The van der Waals surface area contributed by atoms with E-state index in [1.54, 1.807) is 6.33 Å². The number of likely N-dealkylation sites (tertiary alicyclic amines) is 1. The van der Waals surface area contributed by atoms with Crippen molar-refractivity contribution < 1.29 is 0 Å². The Hall–Kier alpha value is -0.940. The molecule has 1 aromatic heterocycles. The summed E-state index contributed by atoms with van der Waals surface area (Å²) in [7, 11) is 2.08. The number of aryl methyl sites for hydroxylation is 1. The van der Waals surface area contributed by atoms with Gasteiger partial charge >= 0.3 is 0 Å². The van der Waals surface area contributed by atoms with Crippen LogP contribution in [0.15, 0.2) is 6.33 Å². The Morgan fingerprint density at radius 2 is 2.26 bits per heavy atom. The van der Waals surface area contributed by atoms with E-state index in [1.807, 2.05) is 4.68 Å². The molecule has 2 heterocycles. The summed E-state index contributed by atoms with van der Waals surface area (Å²) in [6.45, 7) is 8.70. The van der Waals surface area contributed by atoms with Gasteiger partial charge in [0.15, 0.2) is 0 Å². The van der Waals surface area contributed by atoms with Gasteiger partial charge in [-0.2, -0.15) is 5.10 Å². The van der Waals surface area contributed by atoms with E-state index < -0.39 is 0 Å². The Morgan fingerprint density at radius 1 is 1.42 bits per heavy atom. The molecular weight excluding hydrogens is 238 g/mol. The smallest absolute Gasteiger partial charge is 0.141 e. The largest absolute Gasteiger partial charge is 0.317 e. The average Bonchev–Trinajstić information content (AvgIpc) is 2.86. The van der Waals surface area contributed by atoms with E-state index in [-0.39, 0.29) is 0 Å². The fraction of sp³-hybridized carbons (Fsp3) is 0.857. The van der Waals surface area contributed by atoms with E-state index in [0.29, 0.717) is 6.04 Å². The topological polar surface area (TPSA) is 46.0 Å². The fourth-order valence-corrected chi connectivity index (χ4v) is 3.05. The molecule has 108 valence electrons. The van der Waals surface area contributed by atoms with Gasteiger partial charge in [-0.15, -0.1) is 0 Å². The lowest BCUT2D eigenvalue weighted by atomic mass is 9.90. The molecule has 1 N–H and O–H groups in total. The van der Waals surface area contributed by atoms with Crippen LogP contribution in [0.4, 0.5) is 0 Å². The van der Waals surface area contributed by atoms with Gasteiger partial charge in [-0.05, 0) is 25.8 Å². The monoisotopic (exact) mass is 265 g/mol. The van der Waals surface area contributed by atoms with Crippen LogP contribution in [0.5, 0.6) is 0 Å². The predicted octanol–water partition coefficient (Wildman–Crippen LogP) is 1.51. The molecule has 1 aliphatic heterocycles. The van der Waals surface area contributed by atoms with Crippen molar-refractivity contribution in [3.63, 3.8) is 0 Å². The van der Waals surface area contributed by atoms with Gasteiger partial charge in [-0.25, -0.2) is 9.67 Å². The van der Waals surface area contributed by atoms with Gasteiger partial charge in [0.2, 0.25) is 0 Å². The number of rotatable bonds is 6. The third-order valence-electron chi connectivity index (χ3n) is 4.21. The standard InChI is InChI=1S/C14H27N5/c1-4-7-19-14(16-11-17-19)10-18-8-6-13(15-3)12(5-2)9-18/h11-13,15H,4-10H2,1-3H3. The normalized spacial score (nSPS) is 24.8. The van der Waals surface area contributed by atoms with E-state index in [4.69, 9.17) is 0 Å². The highest BCUT2D eigenvalue weighted by Gasteiger charge is 2.27. The lowest BCUT2D eigenvalue weighted by molar-refractivity contribution is 0.128. The van der Waals surface area contributed by atoms with Crippen LogP contribution < -0.4 is 5.32 Å². The van der Waals surface area contributed by atoms with Crippen LogP contribution in [-0.2, 0) is 13.1 Å². The highest BCUT2D eigenvalue weighted by molar-refractivity contribution is 4.89. The molecule has 0 aromatic carbocycles. The summed E-state index contributed by atoms with van der Waals surface area (Å²) in [6, 6.07) is 0.676. The molecule has 19 heavy (non-hydrogen) atoms. The van der Waals surface area contributed by atoms with Crippen molar-refractivity contribution in [1.82, 2.24) is 25.0 Å². The van der Waals surface area contributed by atoms with Crippen molar-refractivity contribution >= 4 is 0 Å². The molecule has 5 nitrogen and oxygen atoms in total. The molecular formula is C14H27N5. The fourth-order valence-electron chi connectivity index (χ4n) is 3.05. The molecule has 2 rings (SSSR count). The number of hydrogen-bond donors (Lipinski definition) is 1. The van der Waals surface area contributed by atoms with E-state index in [9.17, 15) is 0 Å². The molecule has 1 aliphatic rings.